The molecule has 90 valence electrons. The predicted molar refractivity (Wildman–Crippen MR) is 69.5 cm³/mol. The molecule has 18 heavy (non-hydrogen) atoms. The van der Waals surface area contributed by atoms with Gasteiger partial charge in [-0.05, 0) is 5.56 Å². The van der Waals surface area contributed by atoms with Gasteiger partial charge in [-0.2, -0.15) is 0 Å². The van der Waals surface area contributed by atoms with E-state index >= 15 is 0 Å². The zero-order chi connectivity index (χ0) is 12.2. The Morgan fingerprint density at radius 2 is 1.94 bits per heavy atom. The molecule has 3 aromatic rings. The van der Waals surface area contributed by atoms with Crippen LogP contribution < -0.4 is 4.74 Å². The van der Waals surface area contributed by atoms with Gasteiger partial charge < -0.3 is 9.72 Å². The molecule has 0 atom stereocenters. The first-order valence-electron chi connectivity index (χ1n) is 5.88. The maximum Gasteiger partial charge on any atom is 0.181 e. The number of fused-ring (bicyclic) bond motifs is 1. The van der Waals surface area contributed by atoms with Crippen LogP contribution in [0.2, 0.25) is 0 Å². The number of aromatic amines is 1. The number of H-pyrrole nitrogens is 1. The van der Waals surface area contributed by atoms with Gasteiger partial charge in [0.1, 0.15) is 11.3 Å². The lowest BCUT2D eigenvalue weighted by molar-refractivity contribution is 0.325. The van der Waals surface area contributed by atoms with Crippen molar-refractivity contribution in [3.63, 3.8) is 0 Å². The second kappa shape index (κ2) is 4.87. The van der Waals surface area contributed by atoms with E-state index in [9.17, 15) is 0 Å². The quantitative estimate of drug-likeness (QED) is 0.761. The van der Waals surface area contributed by atoms with Crippen LogP contribution in [0.25, 0.3) is 11.2 Å². The van der Waals surface area contributed by atoms with Gasteiger partial charge in [0.15, 0.2) is 5.65 Å². The van der Waals surface area contributed by atoms with Gasteiger partial charge in [0.2, 0.25) is 0 Å². The molecule has 0 saturated heterocycles. The van der Waals surface area contributed by atoms with E-state index in [1.807, 2.05) is 24.3 Å². The van der Waals surface area contributed by atoms with Crippen molar-refractivity contribution in [1.29, 1.82) is 0 Å². The highest BCUT2D eigenvalue weighted by molar-refractivity contribution is 5.77. The van der Waals surface area contributed by atoms with E-state index < -0.39 is 0 Å². The lowest BCUT2D eigenvalue weighted by Crippen LogP contribution is -2.01. The third-order valence-corrected chi connectivity index (χ3v) is 2.78. The van der Waals surface area contributed by atoms with E-state index in [0.717, 1.165) is 17.7 Å². The fraction of sp³-hybridized carbons (Fsp3) is 0.143. The van der Waals surface area contributed by atoms with Gasteiger partial charge in [-0.15, -0.1) is 0 Å². The van der Waals surface area contributed by atoms with Crippen molar-refractivity contribution in [2.75, 3.05) is 6.61 Å². The summed E-state index contributed by atoms with van der Waals surface area (Å²) < 4.78 is 5.77. The molecule has 0 aliphatic heterocycles. The number of nitrogens with zero attached hydrogens (tertiary/aromatic N) is 2. The fourth-order valence-corrected chi connectivity index (χ4v) is 1.87. The average molecular weight is 239 g/mol. The van der Waals surface area contributed by atoms with Crippen LogP contribution in [0.15, 0.2) is 48.9 Å². The Bertz CT molecular complexity index is 634. The Balaban J connectivity index is 1.68. The van der Waals surface area contributed by atoms with E-state index in [0.29, 0.717) is 12.3 Å². The van der Waals surface area contributed by atoms with Gasteiger partial charge in [-0.1, -0.05) is 30.3 Å². The smallest absolute Gasteiger partial charge is 0.181 e. The monoisotopic (exact) mass is 239 g/mol. The summed E-state index contributed by atoms with van der Waals surface area (Å²) in [4.78, 5) is 11.3. The van der Waals surface area contributed by atoms with E-state index in [2.05, 4.69) is 27.1 Å². The number of hydrogen-bond acceptors (Lipinski definition) is 3. The number of nitrogens with one attached hydrogen (secondary N) is 1. The molecule has 0 bridgehead atoms. The zero-order valence-electron chi connectivity index (χ0n) is 9.84. The molecular formula is C14H13N3O. The van der Waals surface area contributed by atoms with Crippen molar-refractivity contribution in [2.24, 2.45) is 0 Å². The van der Waals surface area contributed by atoms with Crippen LogP contribution in [-0.4, -0.2) is 21.6 Å². The van der Waals surface area contributed by atoms with E-state index in [1.165, 1.54) is 5.56 Å². The first-order valence-corrected chi connectivity index (χ1v) is 5.88. The molecule has 0 saturated carbocycles. The molecule has 4 nitrogen and oxygen atoms in total. The summed E-state index contributed by atoms with van der Waals surface area (Å²) in [5, 5.41) is 0. The van der Waals surface area contributed by atoms with Crippen molar-refractivity contribution in [1.82, 2.24) is 15.0 Å². The summed E-state index contributed by atoms with van der Waals surface area (Å²) in [6.07, 6.45) is 4.22. The molecule has 0 aliphatic carbocycles. The maximum absolute atomic E-state index is 5.77. The Kier molecular flexibility index (Phi) is 2.92. The molecule has 2 aromatic heterocycles. The number of imidazole rings is 1. The molecule has 4 heteroatoms. The SMILES string of the molecule is c1ccc(CCOc2ccnc3nc[nH]c23)cc1. The molecule has 0 fully saturated rings. The minimum Gasteiger partial charge on any atom is -0.491 e. The van der Waals surface area contributed by atoms with Crippen molar-refractivity contribution >= 4 is 11.2 Å². The number of ether oxygens (including phenoxy) is 1. The van der Waals surface area contributed by atoms with Crippen LogP contribution >= 0.6 is 0 Å². The summed E-state index contributed by atoms with van der Waals surface area (Å²) >= 11 is 0. The number of aromatic nitrogens is 3. The maximum atomic E-state index is 5.77. The van der Waals surface area contributed by atoms with Gasteiger partial charge in [0, 0.05) is 18.7 Å². The standard InChI is InChI=1S/C14H13N3O/c1-2-4-11(5-3-1)7-9-18-12-6-8-15-14-13(12)16-10-17-14/h1-6,8,10H,7,9H2,(H,15,16,17). The summed E-state index contributed by atoms with van der Waals surface area (Å²) in [7, 11) is 0. The van der Waals surface area contributed by atoms with Gasteiger partial charge in [0.05, 0.1) is 12.9 Å². The fourth-order valence-electron chi connectivity index (χ4n) is 1.87. The topological polar surface area (TPSA) is 50.8 Å². The van der Waals surface area contributed by atoms with Gasteiger partial charge in [-0.3, -0.25) is 0 Å². The van der Waals surface area contributed by atoms with Crippen molar-refractivity contribution < 1.29 is 4.74 Å². The Hall–Kier alpha value is -2.36. The molecule has 0 aliphatic rings. The molecule has 1 aromatic carbocycles. The van der Waals surface area contributed by atoms with Crippen molar-refractivity contribution in [2.45, 2.75) is 6.42 Å². The second-order valence-electron chi connectivity index (χ2n) is 3.99. The summed E-state index contributed by atoms with van der Waals surface area (Å²) in [5.41, 5.74) is 2.81. The van der Waals surface area contributed by atoms with Crippen LogP contribution in [0, 0.1) is 0 Å². The molecule has 0 radical (unpaired) electrons. The number of pyridine rings is 1. The van der Waals surface area contributed by atoms with E-state index in [4.69, 9.17) is 4.74 Å². The minimum absolute atomic E-state index is 0.641. The Labute approximate surface area is 105 Å². The molecule has 2 heterocycles. The second-order valence-corrected chi connectivity index (χ2v) is 3.99. The first-order chi connectivity index (χ1) is 8.93. The predicted octanol–water partition coefficient (Wildman–Crippen LogP) is 2.58. The molecule has 0 spiro atoms. The van der Waals surface area contributed by atoms with Crippen LogP contribution in [0.1, 0.15) is 5.56 Å². The third-order valence-electron chi connectivity index (χ3n) is 2.78. The van der Waals surface area contributed by atoms with Gasteiger partial charge in [-0.25, -0.2) is 9.97 Å². The largest absolute Gasteiger partial charge is 0.491 e. The Morgan fingerprint density at radius 3 is 2.83 bits per heavy atom. The summed E-state index contributed by atoms with van der Waals surface area (Å²) in [6, 6.07) is 12.1. The lowest BCUT2D eigenvalue weighted by atomic mass is 10.2. The third kappa shape index (κ3) is 2.18. The number of hydrogen-bond donors (Lipinski definition) is 1. The average Bonchev–Trinajstić information content (AvgIpc) is 2.89. The van der Waals surface area contributed by atoms with E-state index in [-0.39, 0.29) is 0 Å². The van der Waals surface area contributed by atoms with Crippen LogP contribution in [0.3, 0.4) is 0 Å². The highest BCUT2D eigenvalue weighted by Crippen LogP contribution is 2.20. The number of benzene rings is 1. The minimum atomic E-state index is 0.641. The van der Waals surface area contributed by atoms with Gasteiger partial charge in [0.25, 0.3) is 0 Å². The summed E-state index contributed by atoms with van der Waals surface area (Å²) in [6.45, 7) is 0.641. The lowest BCUT2D eigenvalue weighted by Gasteiger charge is -2.06. The summed E-state index contributed by atoms with van der Waals surface area (Å²) in [5.74, 6) is 0.799. The van der Waals surface area contributed by atoms with Crippen LogP contribution in [0.4, 0.5) is 0 Å². The van der Waals surface area contributed by atoms with Crippen molar-refractivity contribution in [3.05, 3.63) is 54.5 Å². The molecule has 3 rings (SSSR count). The van der Waals surface area contributed by atoms with Crippen LogP contribution in [-0.2, 0) is 6.42 Å². The van der Waals surface area contributed by atoms with Crippen molar-refractivity contribution in [3.8, 4) is 5.75 Å². The van der Waals surface area contributed by atoms with Gasteiger partial charge >= 0.3 is 0 Å². The number of rotatable bonds is 4. The first kappa shape index (κ1) is 10.8. The van der Waals surface area contributed by atoms with E-state index in [1.54, 1.807) is 12.5 Å². The highest BCUT2D eigenvalue weighted by Gasteiger charge is 2.04. The molecule has 0 unspecified atom stereocenters. The molecule has 0 amide bonds. The Morgan fingerprint density at radius 1 is 1.06 bits per heavy atom. The normalized spacial score (nSPS) is 10.7. The van der Waals surface area contributed by atoms with Crippen LogP contribution in [0.5, 0.6) is 5.75 Å². The highest BCUT2D eigenvalue weighted by atomic mass is 16.5. The zero-order valence-corrected chi connectivity index (χ0v) is 9.84. The molecule has 1 N–H and O–H groups in total. The molecular weight excluding hydrogens is 226 g/mol.